The summed E-state index contributed by atoms with van der Waals surface area (Å²) in [6.07, 6.45) is 3.75. The number of fused-ring (bicyclic) bond motifs is 1. The minimum Gasteiger partial charge on any atom is -0.339 e. The number of piperidine rings is 1. The van der Waals surface area contributed by atoms with Crippen LogP contribution in [0.2, 0.25) is 10.0 Å². The SMILES string of the molecule is O=C(c1ccc(-c2n[nH]c3c2CN(S(=O)(=O)c2c(Cl)cccc2Cl)CC3)cc1)N1CCCCC1. The first-order chi connectivity index (χ1) is 16.4. The summed E-state index contributed by atoms with van der Waals surface area (Å²) in [4.78, 5) is 14.6. The summed E-state index contributed by atoms with van der Waals surface area (Å²) in [6, 6.07) is 12.0. The lowest BCUT2D eigenvalue weighted by molar-refractivity contribution is 0.0724. The van der Waals surface area contributed by atoms with Crippen molar-refractivity contribution in [1.29, 1.82) is 0 Å². The Hall–Kier alpha value is -2.39. The lowest BCUT2D eigenvalue weighted by Crippen LogP contribution is -2.36. The van der Waals surface area contributed by atoms with Crippen LogP contribution in [0.1, 0.15) is 40.9 Å². The van der Waals surface area contributed by atoms with Crippen molar-refractivity contribution in [3.63, 3.8) is 0 Å². The third kappa shape index (κ3) is 4.24. The molecule has 0 atom stereocenters. The Labute approximate surface area is 208 Å². The Morgan fingerprint density at radius 2 is 1.62 bits per heavy atom. The second kappa shape index (κ2) is 9.34. The summed E-state index contributed by atoms with van der Waals surface area (Å²) >= 11 is 12.4. The van der Waals surface area contributed by atoms with Crippen LogP contribution in [0.15, 0.2) is 47.4 Å². The monoisotopic (exact) mass is 518 g/mol. The first kappa shape index (κ1) is 23.4. The molecule has 1 fully saturated rings. The van der Waals surface area contributed by atoms with Gasteiger partial charge in [0.05, 0.1) is 15.7 Å². The van der Waals surface area contributed by atoms with Gasteiger partial charge in [0.15, 0.2) is 0 Å². The summed E-state index contributed by atoms with van der Waals surface area (Å²) in [5.41, 5.74) is 3.86. The number of hydrogen-bond acceptors (Lipinski definition) is 4. The number of H-pyrrole nitrogens is 1. The van der Waals surface area contributed by atoms with E-state index in [-0.39, 0.29) is 27.4 Å². The smallest absolute Gasteiger partial charge is 0.253 e. The van der Waals surface area contributed by atoms with E-state index < -0.39 is 10.0 Å². The minimum absolute atomic E-state index is 0.0455. The highest BCUT2D eigenvalue weighted by atomic mass is 35.5. The highest BCUT2D eigenvalue weighted by molar-refractivity contribution is 7.89. The number of nitrogens with zero attached hydrogens (tertiary/aromatic N) is 3. The van der Waals surface area contributed by atoms with Crippen molar-refractivity contribution in [2.24, 2.45) is 0 Å². The molecule has 3 aromatic rings. The van der Waals surface area contributed by atoms with Crippen LogP contribution in [0, 0.1) is 0 Å². The summed E-state index contributed by atoms with van der Waals surface area (Å²) < 4.78 is 28.1. The fourth-order valence-corrected chi connectivity index (χ4v) is 7.12. The van der Waals surface area contributed by atoms with Crippen LogP contribution >= 0.6 is 23.2 Å². The van der Waals surface area contributed by atoms with Gasteiger partial charge >= 0.3 is 0 Å². The molecule has 0 spiro atoms. The van der Waals surface area contributed by atoms with E-state index in [1.54, 1.807) is 6.07 Å². The van der Waals surface area contributed by atoms with Crippen molar-refractivity contribution in [1.82, 2.24) is 19.4 Å². The van der Waals surface area contributed by atoms with Gasteiger partial charge in [0.25, 0.3) is 5.91 Å². The Kier molecular flexibility index (Phi) is 6.41. The average molecular weight is 519 g/mol. The predicted molar refractivity (Wildman–Crippen MR) is 132 cm³/mol. The third-order valence-electron chi connectivity index (χ3n) is 6.46. The largest absolute Gasteiger partial charge is 0.339 e. The molecule has 1 aromatic heterocycles. The lowest BCUT2D eigenvalue weighted by Gasteiger charge is -2.27. The Morgan fingerprint density at radius 3 is 2.29 bits per heavy atom. The summed E-state index contributed by atoms with van der Waals surface area (Å²) in [5.74, 6) is 0.0455. The van der Waals surface area contributed by atoms with Gasteiger partial charge in [0.2, 0.25) is 10.0 Å². The average Bonchev–Trinajstić information content (AvgIpc) is 3.27. The number of nitrogens with one attached hydrogen (secondary N) is 1. The number of halogens is 2. The highest BCUT2D eigenvalue weighted by Crippen LogP contribution is 2.35. The molecule has 0 bridgehead atoms. The van der Waals surface area contributed by atoms with Gasteiger partial charge in [-0.05, 0) is 43.5 Å². The molecule has 178 valence electrons. The normalized spacial score (nSPS) is 16.9. The molecule has 10 heteroatoms. The zero-order valence-electron chi connectivity index (χ0n) is 18.4. The second-order valence-corrected chi connectivity index (χ2v) is 11.3. The number of sulfonamides is 1. The third-order valence-corrected chi connectivity index (χ3v) is 9.27. The Balaban J connectivity index is 1.41. The molecule has 2 aliphatic rings. The first-order valence-electron chi connectivity index (χ1n) is 11.3. The number of likely N-dealkylation sites (tertiary alicyclic amines) is 1. The van der Waals surface area contributed by atoms with Gasteiger partial charge in [-0.15, -0.1) is 0 Å². The number of aromatic amines is 1. The minimum atomic E-state index is -3.90. The van der Waals surface area contributed by atoms with Gasteiger partial charge in [0, 0.05) is 55.0 Å². The van der Waals surface area contributed by atoms with Crippen LogP contribution in [0.25, 0.3) is 11.3 Å². The van der Waals surface area contributed by atoms with Crippen molar-refractivity contribution in [2.75, 3.05) is 19.6 Å². The number of carbonyl (C=O) groups excluding carboxylic acids is 1. The maximum absolute atomic E-state index is 13.4. The molecule has 0 saturated carbocycles. The van der Waals surface area contributed by atoms with Crippen LogP contribution < -0.4 is 0 Å². The van der Waals surface area contributed by atoms with E-state index in [0.29, 0.717) is 24.2 Å². The van der Waals surface area contributed by atoms with Crippen molar-refractivity contribution in [2.45, 2.75) is 37.1 Å². The fraction of sp³-hybridized carbons (Fsp3) is 0.333. The fourth-order valence-electron chi connectivity index (χ4n) is 4.62. The number of carbonyl (C=O) groups is 1. The van der Waals surface area contributed by atoms with Gasteiger partial charge in [-0.1, -0.05) is 41.4 Å². The van der Waals surface area contributed by atoms with Crippen molar-refractivity contribution in [3.8, 4) is 11.3 Å². The van der Waals surface area contributed by atoms with Crippen molar-refractivity contribution in [3.05, 3.63) is 69.3 Å². The van der Waals surface area contributed by atoms with Crippen LogP contribution in [0.3, 0.4) is 0 Å². The molecule has 2 aromatic carbocycles. The molecular weight excluding hydrogens is 495 g/mol. The summed E-state index contributed by atoms with van der Waals surface area (Å²) in [5, 5.41) is 7.71. The molecule has 0 unspecified atom stereocenters. The molecule has 7 nitrogen and oxygen atoms in total. The molecule has 34 heavy (non-hydrogen) atoms. The number of aromatic nitrogens is 2. The van der Waals surface area contributed by atoms with Gasteiger partial charge in [-0.3, -0.25) is 9.89 Å². The van der Waals surface area contributed by atoms with Crippen LogP contribution in [0.5, 0.6) is 0 Å². The topological polar surface area (TPSA) is 86.4 Å². The van der Waals surface area contributed by atoms with E-state index >= 15 is 0 Å². The summed E-state index contributed by atoms with van der Waals surface area (Å²) in [6.45, 7) is 2.04. The predicted octanol–water partition coefficient (Wildman–Crippen LogP) is 4.76. The molecule has 2 aliphatic heterocycles. The molecule has 1 amide bonds. The maximum atomic E-state index is 13.4. The van der Waals surface area contributed by atoms with E-state index in [4.69, 9.17) is 23.2 Å². The first-order valence-corrected chi connectivity index (χ1v) is 13.5. The van der Waals surface area contributed by atoms with Gasteiger partial charge in [-0.2, -0.15) is 9.40 Å². The van der Waals surface area contributed by atoms with Crippen LogP contribution in [-0.4, -0.2) is 53.4 Å². The van der Waals surface area contributed by atoms with E-state index in [1.807, 2.05) is 29.2 Å². The molecular formula is C24H24Cl2N4O3S. The Morgan fingerprint density at radius 1 is 0.941 bits per heavy atom. The Bertz CT molecular complexity index is 1310. The quantitative estimate of drug-likeness (QED) is 0.539. The van der Waals surface area contributed by atoms with Gasteiger partial charge in [0.1, 0.15) is 4.90 Å². The number of benzene rings is 2. The molecule has 3 heterocycles. The maximum Gasteiger partial charge on any atom is 0.253 e. The van der Waals surface area contributed by atoms with E-state index in [0.717, 1.165) is 42.8 Å². The standard InChI is InChI=1S/C24H24Cl2N4O3S/c25-19-5-4-6-20(26)23(19)34(32,33)30-14-11-21-18(15-30)22(28-27-21)16-7-9-17(10-8-16)24(31)29-12-2-1-3-13-29/h4-10H,1-3,11-15H2,(H,27,28). The number of amides is 1. The van der Waals surface area contributed by atoms with Gasteiger partial charge < -0.3 is 4.90 Å². The zero-order valence-corrected chi connectivity index (χ0v) is 20.8. The molecule has 1 N–H and O–H groups in total. The molecule has 0 radical (unpaired) electrons. The molecule has 0 aliphatic carbocycles. The van der Waals surface area contributed by atoms with Crippen molar-refractivity contribution >= 4 is 39.1 Å². The van der Waals surface area contributed by atoms with E-state index in [9.17, 15) is 13.2 Å². The number of hydrogen-bond donors (Lipinski definition) is 1. The highest BCUT2D eigenvalue weighted by Gasteiger charge is 2.34. The molecule has 5 rings (SSSR count). The van der Waals surface area contributed by atoms with Crippen LogP contribution in [-0.2, 0) is 23.0 Å². The van der Waals surface area contributed by atoms with Crippen LogP contribution in [0.4, 0.5) is 0 Å². The number of rotatable bonds is 4. The zero-order chi connectivity index (χ0) is 23.9. The second-order valence-electron chi connectivity index (χ2n) is 8.60. The van der Waals surface area contributed by atoms with Gasteiger partial charge in [-0.25, -0.2) is 8.42 Å². The van der Waals surface area contributed by atoms with Crippen molar-refractivity contribution < 1.29 is 13.2 Å². The van der Waals surface area contributed by atoms with E-state index in [1.165, 1.54) is 22.9 Å². The van der Waals surface area contributed by atoms with E-state index in [2.05, 4.69) is 10.2 Å². The summed E-state index contributed by atoms with van der Waals surface area (Å²) in [7, 11) is -3.90. The lowest BCUT2D eigenvalue weighted by atomic mass is 10.0. The molecule has 1 saturated heterocycles.